The van der Waals surface area contributed by atoms with E-state index in [0.29, 0.717) is 5.75 Å². The Morgan fingerprint density at radius 2 is 1.33 bits per heavy atom. The average Bonchev–Trinajstić information content (AvgIpc) is 3.20. The molecule has 0 fully saturated rings. The fourth-order valence-corrected chi connectivity index (χ4v) is 9.35. The van der Waals surface area contributed by atoms with Gasteiger partial charge < -0.3 is 9.84 Å². The molecule has 0 spiro atoms. The SMILES string of the molecule is Cc1ccc2c(C3=C(S)CCc4c3cccc4-c3cccc4c(Oc5ccc6c(c5)CCC=C6Cc5ccc6c(O)cccc6c5)cccc34)cccc2c1. The van der Waals surface area contributed by atoms with Gasteiger partial charge >= 0.3 is 0 Å². The van der Waals surface area contributed by atoms with Crippen molar-refractivity contribution in [1.82, 2.24) is 0 Å². The van der Waals surface area contributed by atoms with Crippen LogP contribution in [-0.2, 0) is 19.3 Å². The van der Waals surface area contributed by atoms with Gasteiger partial charge in [-0.2, -0.15) is 0 Å². The fourth-order valence-electron chi connectivity index (χ4n) is 9.00. The first-order valence-electron chi connectivity index (χ1n) is 19.3. The van der Waals surface area contributed by atoms with Crippen LogP contribution >= 0.6 is 12.6 Å². The molecule has 0 atom stereocenters. The molecule has 0 aromatic heterocycles. The molecule has 0 heterocycles. The van der Waals surface area contributed by atoms with Gasteiger partial charge in [-0.15, -0.1) is 12.6 Å². The molecular formula is C52H40O2S. The maximum atomic E-state index is 10.3. The zero-order valence-electron chi connectivity index (χ0n) is 30.8. The Kier molecular flexibility index (Phi) is 8.34. The molecule has 0 radical (unpaired) electrons. The maximum absolute atomic E-state index is 10.3. The number of phenols is 1. The van der Waals surface area contributed by atoms with Gasteiger partial charge in [0.05, 0.1) is 0 Å². The third kappa shape index (κ3) is 6.00. The molecule has 2 aliphatic carbocycles. The topological polar surface area (TPSA) is 29.5 Å². The van der Waals surface area contributed by atoms with E-state index < -0.39 is 0 Å². The van der Waals surface area contributed by atoms with Crippen LogP contribution in [0, 0.1) is 6.92 Å². The average molecular weight is 729 g/mol. The van der Waals surface area contributed by atoms with Gasteiger partial charge in [0.25, 0.3) is 0 Å². The molecule has 3 heteroatoms. The molecule has 0 aliphatic heterocycles. The van der Waals surface area contributed by atoms with Crippen LogP contribution in [0.25, 0.3) is 54.6 Å². The molecule has 10 rings (SSSR count). The molecule has 0 amide bonds. The lowest BCUT2D eigenvalue weighted by Gasteiger charge is -2.25. The van der Waals surface area contributed by atoms with Crippen LogP contribution in [0.5, 0.6) is 17.2 Å². The van der Waals surface area contributed by atoms with Crippen LogP contribution in [0.15, 0.2) is 157 Å². The second-order valence-electron chi connectivity index (χ2n) is 15.0. The summed E-state index contributed by atoms with van der Waals surface area (Å²) in [5.74, 6) is 2.04. The molecule has 0 unspecified atom stereocenters. The van der Waals surface area contributed by atoms with E-state index in [0.717, 1.165) is 64.7 Å². The highest BCUT2D eigenvalue weighted by atomic mass is 32.1. The number of rotatable bonds is 6. The Hall–Kier alpha value is -6.03. The largest absolute Gasteiger partial charge is 0.507 e. The standard InChI is InChI=1S/C52H40O2S/c1-32-20-23-40-34(28-32)10-3-16-47(40)52-48-17-6-13-43(45(48)26-27-51(52)55)42-12-5-15-46-44(42)14-7-19-50(46)54-38-22-25-39-35(8-2-9-37(39)31-38)29-33-21-24-41-36(30-33)11-4-18-49(41)53/h3-8,10-25,28,30-31,53,55H,2,9,26-27,29H2,1H3. The van der Waals surface area contributed by atoms with Gasteiger partial charge in [0, 0.05) is 10.8 Å². The van der Waals surface area contributed by atoms with E-state index in [1.54, 1.807) is 6.07 Å². The molecule has 55 heavy (non-hydrogen) atoms. The van der Waals surface area contributed by atoms with Crippen LogP contribution in [0.2, 0.25) is 0 Å². The quantitative estimate of drug-likeness (QED) is 0.167. The molecule has 0 saturated carbocycles. The second-order valence-corrected chi connectivity index (χ2v) is 15.6. The Bertz CT molecular complexity index is 2910. The van der Waals surface area contributed by atoms with Crippen molar-refractivity contribution in [2.24, 2.45) is 0 Å². The maximum Gasteiger partial charge on any atom is 0.135 e. The molecule has 2 aliphatic rings. The molecule has 0 saturated heterocycles. The highest BCUT2D eigenvalue weighted by Crippen LogP contribution is 2.45. The number of phenolic OH excluding ortho intramolecular Hbond substituents is 1. The van der Waals surface area contributed by atoms with Gasteiger partial charge in [0.2, 0.25) is 0 Å². The van der Waals surface area contributed by atoms with Crippen molar-refractivity contribution in [2.45, 2.75) is 39.0 Å². The summed E-state index contributed by atoms with van der Waals surface area (Å²) in [5, 5.41) is 17.0. The first kappa shape index (κ1) is 33.5. The monoisotopic (exact) mass is 728 g/mol. The number of thiol groups is 1. The zero-order valence-corrected chi connectivity index (χ0v) is 31.7. The van der Waals surface area contributed by atoms with Crippen LogP contribution in [0.4, 0.5) is 0 Å². The van der Waals surface area contributed by atoms with Crippen molar-refractivity contribution in [3.05, 3.63) is 196 Å². The van der Waals surface area contributed by atoms with Gasteiger partial charge in [0.1, 0.15) is 17.2 Å². The highest BCUT2D eigenvalue weighted by molar-refractivity contribution is 7.84. The molecule has 0 bridgehead atoms. The van der Waals surface area contributed by atoms with E-state index in [1.165, 1.54) is 77.4 Å². The molecular weight excluding hydrogens is 689 g/mol. The number of hydrogen-bond donors (Lipinski definition) is 2. The van der Waals surface area contributed by atoms with E-state index in [1.807, 2.05) is 12.1 Å². The minimum atomic E-state index is 0.325. The molecule has 8 aromatic rings. The van der Waals surface area contributed by atoms with Gasteiger partial charge in [-0.1, -0.05) is 133 Å². The van der Waals surface area contributed by atoms with Crippen molar-refractivity contribution in [3.63, 3.8) is 0 Å². The summed E-state index contributed by atoms with van der Waals surface area (Å²) in [6, 6.07) is 51.8. The summed E-state index contributed by atoms with van der Waals surface area (Å²) in [6.07, 6.45) is 7.07. The summed E-state index contributed by atoms with van der Waals surface area (Å²) in [6.45, 7) is 2.15. The molecule has 2 nitrogen and oxygen atoms in total. The lowest BCUT2D eigenvalue weighted by Crippen LogP contribution is -2.06. The number of aryl methyl sites for hydroxylation is 2. The summed E-state index contributed by atoms with van der Waals surface area (Å²) in [4.78, 5) is 1.15. The summed E-state index contributed by atoms with van der Waals surface area (Å²) in [7, 11) is 0. The molecule has 8 aromatic carbocycles. The van der Waals surface area contributed by atoms with Crippen LogP contribution in [0.1, 0.15) is 51.8 Å². The number of benzene rings is 8. The van der Waals surface area contributed by atoms with Crippen molar-refractivity contribution in [3.8, 4) is 28.4 Å². The zero-order chi connectivity index (χ0) is 37.0. The van der Waals surface area contributed by atoms with E-state index in [-0.39, 0.29) is 0 Å². The second kappa shape index (κ2) is 13.7. The number of hydrogen-bond acceptors (Lipinski definition) is 3. The smallest absolute Gasteiger partial charge is 0.135 e. The van der Waals surface area contributed by atoms with Crippen molar-refractivity contribution >= 4 is 56.1 Å². The van der Waals surface area contributed by atoms with Crippen molar-refractivity contribution < 1.29 is 9.84 Å². The van der Waals surface area contributed by atoms with Crippen molar-refractivity contribution in [1.29, 1.82) is 0 Å². The minimum absolute atomic E-state index is 0.325. The first-order chi connectivity index (χ1) is 27.0. The van der Waals surface area contributed by atoms with E-state index in [4.69, 9.17) is 17.4 Å². The third-order valence-electron chi connectivity index (χ3n) is 11.6. The Balaban J connectivity index is 0.973. The normalized spacial score (nSPS) is 13.9. The summed E-state index contributed by atoms with van der Waals surface area (Å²) < 4.78 is 6.75. The molecule has 266 valence electrons. The van der Waals surface area contributed by atoms with Gasteiger partial charge in [-0.25, -0.2) is 0 Å². The first-order valence-corrected chi connectivity index (χ1v) is 19.7. The Morgan fingerprint density at radius 1 is 0.582 bits per heavy atom. The van der Waals surface area contributed by atoms with Crippen LogP contribution < -0.4 is 4.74 Å². The third-order valence-corrected chi connectivity index (χ3v) is 12.0. The summed E-state index contributed by atoms with van der Waals surface area (Å²) in [5.41, 5.74) is 14.1. The number of fused-ring (bicyclic) bond motifs is 5. The fraction of sp³-hybridized carbons (Fsp3) is 0.115. The Labute approximate surface area is 327 Å². The van der Waals surface area contributed by atoms with Gasteiger partial charge in [0.15, 0.2) is 0 Å². The van der Waals surface area contributed by atoms with E-state index in [9.17, 15) is 5.11 Å². The van der Waals surface area contributed by atoms with E-state index in [2.05, 4.69) is 140 Å². The summed E-state index contributed by atoms with van der Waals surface area (Å²) >= 11 is 5.10. The predicted octanol–water partition coefficient (Wildman–Crippen LogP) is 13.8. The van der Waals surface area contributed by atoms with Gasteiger partial charge in [-0.05, 0) is 145 Å². The van der Waals surface area contributed by atoms with Crippen LogP contribution in [-0.4, -0.2) is 5.11 Å². The lowest BCUT2D eigenvalue weighted by atomic mass is 9.81. The number of aromatic hydroxyl groups is 1. The number of ether oxygens (including phenoxy) is 1. The molecule has 1 N–H and O–H groups in total. The van der Waals surface area contributed by atoms with Crippen molar-refractivity contribution in [2.75, 3.05) is 0 Å². The number of allylic oxidation sites excluding steroid dienone is 3. The lowest BCUT2D eigenvalue weighted by molar-refractivity contribution is 0.481. The highest BCUT2D eigenvalue weighted by Gasteiger charge is 2.24. The van der Waals surface area contributed by atoms with Gasteiger partial charge in [-0.3, -0.25) is 0 Å². The predicted molar refractivity (Wildman–Crippen MR) is 234 cm³/mol. The minimum Gasteiger partial charge on any atom is -0.507 e. The Morgan fingerprint density at radius 3 is 2.25 bits per heavy atom. The van der Waals surface area contributed by atoms with Crippen LogP contribution in [0.3, 0.4) is 0 Å². The van der Waals surface area contributed by atoms with E-state index >= 15 is 0 Å².